The summed E-state index contributed by atoms with van der Waals surface area (Å²) in [6, 6.07) is 4.90. The standard InChI is InChI=1S/C13H20N2O3S/c1-3-18-13-5-4-12(8-10(13)2)19(16,17)15-7-6-11(14)9-15/h4-5,8,11H,3,6-7,9,14H2,1-2H3/t11-/m0/s1. The molecular weight excluding hydrogens is 264 g/mol. The van der Waals surface area contributed by atoms with Crippen LogP contribution in [0.15, 0.2) is 23.1 Å². The zero-order valence-corrected chi connectivity index (χ0v) is 12.1. The Morgan fingerprint density at radius 1 is 1.47 bits per heavy atom. The highest BCUT2D eigenvalue weighted by Crippen LogP contribution is 2.25. The number of nitrogens with zero attached hydrogens (tertiary/aromatic N) is 1. The summed E-state index contributed by atoms with van der Waals surface area (Å²) in [5.74, 6) is 0.722. The first-order valence-corrected chi connectivity index (χ1v) is 7.88. The van der Waals surface area contributed by atoms with Gasteiger partial charge >= 0.3 is 0 Å². The second-order valence-corrected chi connectivity index (χ2v) is 6.71. The molecule has 1 atom stereocenters. The van der Waals surface area contributed by atoms with Crippen LogP contribution in [-0.2, 0) is 10.0 Å². The quantitative estimate of drug-likeness (QED) is 0.899. The molecule has 0 aliphatic carbocycles. The number of benzene rings is 1. The molecule has 1 fully saturated rings. The van der Waals surface area contributed by atoms with E-state index in [0.29, 0.717) is 24.6 Å². The molecule has 106 valence electrons. The lowest BCUT2D eigenvalue weighted by atomic mass is 10.2. The molecule has 2 rings (SSSR count). The van der Waals surface area contributed by atoms with Crippen molar-refractivity contribution < 1.29 is 13.2 Å². The fourth-order valence-electron chi connectivity index (χ4n) is 2.22. The first kappa shape index (κ1) is 14.3. The fourth-order valence-corrected chi connectivity index (χ4v) is 3.82. The summed E-state index contributed by atoms with van der Waals surface area (Å²) in [5, 5.41) is 0. The number of hydrogen-bond acceptors (Lipinski definition) is 4. The lowest BCUT2D eigenvalue weighted by Crippen LogP contribution is -2.32. The molecule has 0 radical (unpaired) electrons. The number of aryl methyl sites for hydroxylation is 1. The third-order valence-electron chi connectivity index (χ3n) is 3.27. The molecule has 6 heteroatoms. The Balaban J connectivity index is 2.28. The molecule has 1 aromatic carbocycles. The van der Waals surface area contributed by atoms with Gasteiger partial charge in [-0.3, -0.25) is 0 Å². The second-order valence-electron chi connectivity index (χ2n) is 4.77. The zero-order valence-electron chi connectivity index (χ0n) is 11.3. The van der Waals surface area contributed by atoms with Crippen LogP contribution in [0.1, 0.15) is 18.9 Å². The van der Waals surface area contributed by atoms with E-state index in [0.717, 1.165) is 17.7 Å². The average Bonchev–Trinajstić information content (AvgIpc) is 2.79. The highest BCUT2D eigenvalue weighted by molar-refractivity contribution is 7.89. The van der Waals surface area contributed by atoms with Crippen molar-refractivity contribution in [1.82, 2.24) is 4.31 Å². The normalized spacial score (nSPS) is 20.7. The molecule has 1 aliphatic rings. The molecular formula is C13H20N2O3S. The molecule has 0 bridgehead atoms. The average molecular weight is 284 g/mol. The van der Waals surface area contributed by atoms with Crippen LogP contribution in [0.2, 0.25) is 0 Å². The molecule has 1 aliphatic heterocycles. The summed E-state index contributed by atoms with van der Waals surface area (Å²) in [6.45, 7) is 5.20. The Labute approximate surface area is 114 Å². The monoisotopic (exact) mass is 284 g/mol. The first-order valence-electron chi connectivity index (χ1n) is 6.44. The molecule has 5 nitrogen and oxygen atoms in total. The van der Waals surface area contributed by atoms with Gasteiger partial charge < -0.3 is 10.5 Å². The van der Waals surface area contributed by atoms with E-state index in [9.17, 15) is 8.42 Å². The Kier molecular flexibility index (Phi) is 4.13. The van der Waals surface area contributed by atoms with Gasteiger partial charge in [0.2, 0.25) is 10.0 Å². The Morgan fingerprint density at radius 2 is 2.21 bits per heavy atom. The van der Waals surface area contributed by atoms with E-state index in [1.807, 2.05) is 13.8 Å². The predicted molar refractivity (Wildman–Crippen MR) is 73.7 cm³/mol. The summed E-state index contributed by atoms with van der Waals surface area (Å²) in [5.41, 5.74) is 6.59. The summed E-state index contributed by atoms with van der Waals surface area (Å²) in [7, 11) is -3.43. The maximum Gasteiger partial charge on any atom is 0.243 e. The van der Waals surface area contributed by atoms with Crippen molar-refractivity contribution in [2.45, 2.75) is 31.2 Å². The van der Waals surface area contributed by atoms with Gasteiger partial charge in [0.15, 0.2) is 0 Å². The van der Waals surface area contributed by atoms with E-state index in [1.54, 1.807) is 18.2 Å². The third kappa shape index (κ3) is 2.91. The van der Waals surface area contributed by atoms with E-state index in [1.165, 1.54) is 4.31 Å². The van der Waals surface area contributed by atoms with E-state index < -0.39 is 10.0 Å². The smallest absolute Gasteiger partial charge is 0.243 e. The predicted octanol–water partition coefficient (Wildman–Crippen LogP) is 1.12. The lowest BCUT2D eigenvalue weighted by molar-refractivity contribution is 0.337. The fraction of sp³-hybridized carbons (Fsp3) is 0.538. The molecule has 0 unspecified atom stereocenters. The van der Waals surface area contributed by atoms with Crippen molar-refractivity contribution in [3.8, 4) is 5.75 Å². The van der Waals surface area contributed by atoms with Crippen LogP contribution in [0.3, 0.4) is 0 Å². The van der Waals surface area contributed by atoms with Gasteiger partial charge in [0.05, 0.1) is 11.5 Å². The summed E-state index contributed by atoms with van der Waals surface area (Å²) >= 11 is 0. The Morgan fingerprint density at radius 3 is 2.74 bits per heavy atom. The van der Waals surface area contributed by atoms with Crippen LogP contribution in [0.5, 0.6) is 5.75 Å². The topological polar surface area (TPSA) is 72.6 Å². The highest BCUT2D eigenvalue weighted by Gasteiger charge is 2.31. The van der Waals surface area contributed by atoms with Gasteiger partial charge in [-0.1, -0.05) is 0 Å². The summed E-state index contributed by atoms with van der Waals surface area (Å²) < 4.78 is 31.7. The third-order valence-corrected chi connectivity index (χ3v) is 5.13. The van der Waals surface area contributed by atoms with Crippen molar-refractivity contribution in [2.75, 3.05) is 19.7 Å². The highest BCUT2D eigenvalue weighted by atomic mass is 32.2. The van der Waals surface area contributed by atoms with Crippen LogP contribution in [-0.4, -0.2) is 38.5 Å². The number of nitrogens with two attached hydrogens (primary N) is 1. The summed E-state index contributed by atoms with van der Waals surface area (Å²) in [6.07, 6.45) is 0.718. The van der Waals surface area contributed by atoms with Gasteiger partial charge in [-0.25, -0.2) is 8.42 Å². The zero-order chi connectivity index (χ0) is 14.0. The van der Waals surface area contributed by atoms with E-state index in [2.05, 4.69) is 0 Å². The molecule has 0 saturated carbocycles. The van der Waals surface area contributed by atoms with Gasteiger partial charge in [-0.05, 0) is 44.0 Å². The van der Waals surface area contributed by atoms with Crippen LogP contribution >= 0.6 is 0 Å². The molecule has 0 spiro atoms. The molecule has 1 heterocycles. The number of sulfonamides is 1. The minimum Gasteiger partial charge on any atom is -0.494 e. The van der Waals surface area contributed by atoms with Gasteiger partial charge in [0, 0.05) is 19.1 Å². The number of hydrogen-bond donors (Lipinski definition) is 1. The van der Waals surface area contributed by atoms with Gasteiger partial charge in [-0.2, -0.15) is 4.31 Å². The Bertz CT molecular complexity index is 557. The van der Waals surface area contributed by atoms with Crippen molar-refractivity contribution in [3.63, 3.8) is 0 Å². The van der Waals surface area contributed by atoms with E-state index in [4.69, 9.17) is 10.5 Å². The molecule has 1 aromatic rings. The van der Waals surface area contributed by atoms with Gasteiger partial charge in [0.25, 0.3) is 0 Å². The van der Waals surface area contributed by atoms with Crippen molar-refractivity contribution in [1.29, 1.82) is 0 Å². The SMILES string of the molecule is CCOc1ccc(S(=O)(=O)N2CC[C@H](N)C2)cc1C. The number of rotatable bonds is 4. The van der Waals surface area contributed by atoms with Crippen LogP contribution < -0.4 is 10.5 Å². The van der Waals surface area contributed by atoms with Crippen LogP contribution in [0.4, 0.5) is 0 Å². The first-order chi connectivity index (χ1) is 8.95. The van der Waals surface area contributed by atoms with Crippen LogP contribution in [0, 0.1) is 6.92 Å². The minimum atomic E-state index is -3.43. The van der Waals surface area contributed by atoms with Crippen molar-refractivity contribution in [3.05, 3.63) is 23.8 Å². The van der Waals surface area contributed by atoms with E-state index >= 15 is 0 Å². The molecule has 2 N–H and O–H groups in total. The lowest BCUT2D eigenvalue weighted by Gasteiger charge is -2.17. The second kappa shape index (κ2) is 5.48. The van der Waals surface area contributed by atoms with Crippen molar-refractivity contribution >= 4 is 10.0 Å². The molecule has 0 aromatic heterocycles. The maximum absolute atomic E-state index is 12.4. The summed E-state index contributed by atoms with van der Waals surface area (Å²) in [4.78, 5) is 0.308. The van der Waals surface area contributed by atoms with Crippen LogP contribution in [0.25, 0.3) is 0 Å². The Hall–Kier alpha value is -1.11. The van der Waals surface area contributed by atoms with Gasteiger partial charge in [0.1, 0.15) is 5.75 Å². The molecule has 0 amide bonds. The number of ether oxygens (including phenoxy) is 1. The molecule has 19 heavy (non-hydrogen) atoms. The van der Waals surface area contributed by atoms with Crippen molar-refractivity contribution in [2.24, 2.45) is 5.73 Å². The minimum absolute atomic E-state index is 0.0569. The largest absolute Gasteiger partial charge is 0.494 e. The van der Waals surface area contributed by atoms with Gasteiger partial charge in [-0.15, -0.1) is 0 Å². The molecule has 1 saturated heterocycles. The maximum atomic E-state index is 12.4. The van der Waals surface area contributed by atoms with E-state index in [-0.39, 0.29) is 6.04 Å².